The highest BCUT2D eigenvalue weighted by molar-refractivity contribution is 5.79. The summed E-state index contributed by atoms with van der Waals surface area (Å²) in [4.78, 5) is 3.90. The first kappa shape index (κ1) is 18.7. The Hall–Kier alpha value is -2.64. The van der Waals surface area contributed by atoms with E-state index in [1.54, 1.807) is 6.07 Å². The van der Waals surface area contributed by atoms with Crippen LogP contribution in [-0.4, -0.2) is 13.0 Å². The predicted molar refractivity (Wildman–Crippen MR) is 84.8 cm³/mol. The minimum Gasteiger partial charge on any atom is -0.352 e. The number of benzene rings is 2. The van der Waals surface area contributed by atoms with Gasteiger partial charge >= 0.3 is 6.18 Å². The van der Waals surface area contributed by atoms with Crippen LogP contribution in [0.2, 0.25) is 0 Å². The number of hydrogen-bond donors (Lipinski definition) is 2. The number of hydrogen-bond acceptors (Lipinski definition) is 1. The minimum atomic E-state index is -4.41. The van der Waals surface area contributed by atoms with Gasteiger partial charge in [-0.1, -0.05) is 12.1 Å². The summed E-state index contributed by atoms with van der Waals surface area (Å²) in [6, 6.07) is 7.98. The maximum atomic E-state index is 13.6. The molecule has 0 bridgehead atoms. The first-order valence-corrected chi connectivity index (χ1v) is 7.34. The van der Waals surface area contributed by atoms with Gasteiger partial charge in [0.15, 0.2) is 5.96 Å². The molecular weight excluding hydrogens is 341 g/mol. The fourth-order valence-corrected chi connectivity index (χ4v) is 2.12. The summed E-state index contributed by atoms with van der Waals surface area (Å²) in [5, 5.41) is 5.60. The molecule has 2 aromatic carbocycles. The summed E-state index contributed by atoms with van der Waals surface area (Å²) in [6.07, 6.45) is -4.41. The van der Waals surface area contributed by atoms with Crippen LogP contribution in [0.3, 0.4) is 0 Å². The molecule has 0 unspecified atom stereocenters. The molecule has 0 aliphatic carbocycles. The van der Waals surface area contributed by atoms with Crippen LogP contribution in [0.15, 0.2) is 47.5 Å². The molecule has 0 heterocycles. The van der Waals surface area contributed by atoms with Crippen LogP contribution in [0.1, 0.15) is 16.7 Å². The lowest BCUT2D eigenvalue weighted by Gasteiger charge is -2.13. The number of guanidine groups is 1. The van der Waals surface area contributed by atoms with Crippen LogP contribution >= 0.6 is 0 Å². The van der Waals surface area contributed by atoms with Crippen LogP contribution in [0.25, 0.3) is 0 Å². The number of nitrogens with one attached hydrogen (secondary N) is 2. The Labute approximate surface area is 141 Å². The van der Waals surface area contributed by atoms with Gasteiger partial charge in [-0.15, -0.1) is 0 Å². The number of rotatable bonds is 4. The lowest BCUT2D eigenvalue weighted by Crippen LogP contribution is -2.36. The molecule has 0 spiro atoms. The molecule has 0 radical (unpaired) electrons. The van der Waals surface area contributed by atoms with Crippen molar-refractivity contribution in [3.05, 3.63) is 70.8 Å². The van der Waals surface area contributed by atoms with E-state index in [1.165, 1.54) is 13.1 Å². The van der Waals surface area contributed by atoms with E-state index >= 15 is 0 Å². The van der Waals surface area contributed by atoms with Crippen LogP contribution in [0, 0.1) is 11.6 Å². The smallest absolute Gasteiger partial charge is 0.352 e. The van der Waals surface area contributed by atoms with Gasteiger partial charge < -0.3 is 10.6 Å². The predicted octanol–water partition coefficient (Wildman–Crippen LogP) is 3.85. The van der Waals surface area contributed by atoms with Gasteiger partial charge in [0.25, 0.3) is 0 Å². The highest BCUT2D eigenvalue weighted by Crippen LogP contribution is 2.29. The molecule has 2 rings (SSSR count). The van der Waals surface area contributed by atoms with Gasteiger partial charge in [-0.25, -0.2) is 8.78 Å². The van der Waals surface area contributed by atoms with Crippen molar-refractivity contribution in [2.45, 2.75) is 19.3 Å². The van der Waals surface area contributed by atoms with Gasteiger partial charge in [0, 0.05) is 25.7 Å². The highest BCUT2D eigenvalue weighted by Gasteiger charge is 2.30. The van der Waals surface area contributed by atoms with Gasteiger partial charge in [-0.3, -0.25) is 4.99 Å². The van der Waals surface area contributed by atoms with Gasteiger partial charge in [-0.05, 0) is 35.9 Å². The first-order valence-electron chi connectivity index (χ1n) is 7.34. The van der Waals surface area contributed by atoms with Crippen molar-refractivity contribution in [3.8, 4) is 0 Å². The second-order valence-corrected chi connectivity index (χ2v) is 5.21. The summed E-state index contributed by atoms with van der Waals surface area (Å²) in [7, 11) is 1.46. The van der Waals surface area contributed by atoms with E-state index in [4.69, 9.17) is 0 Å². The molecule has 0 fully saturated rings. The van der Waals surface area contributed by atoms with Crippen molar-refractivity contribution in [2.24, 2.45) is 4.99 Å². The zero-order valence-electron chi connectivity index (χ0n) is 13.3. The Balaban J connectivity index is 1.96. The van der Waals surface area contributed by atoms with Gasteiger partial charge in [-0.2, -0.15) is 13.2 Å². The van der Waals surface area contributed by atoms with Crippen molar-refractivity contribution in [1.29, 1.82) is 0 Å². The third kappa shape index (κ3) is 5.44. The molecule has 2 N–H and O–H groups in total. The van der Waals surface area contributed by atoms with E-state index in [0.717, 1.165) is 30.3 Å². The van der Waals surface area contributed by atoms with Crippen molar-refractivity contribution in [2.75, 3.05) is 7.05 Å². The zero-order chi connectivity index (χ0) is 18.4. The topological polar surface area (TPSA) is 36.4 Å². The molecule has 0 aliphatic rings. The number of nitrogens with zero attached hydrogens (tertiary/aromatic N) is 1. The molecule has 25 heavy (non-hydrogen) atoms. The second kappa shape index (κ2) is 7.96. The molecule has 0 atom stereocenters. The summed E-state index contributed by atoms with van der Waals surface area (Å²) >= 11 is 0. The summed E-state index contributed by atoms with van der Waals surface area (Å²) < 4.78 is 64.7. The highest BCUT2D eigenvalue weighted by atomic mass is 19.4. The number of halogens is 5. The van der Waals surface area contributed by atoms with Crippen molar-refractivity contribution >= 4 is 5.96 Å². The Kier molecular flexibility index (Phi) is 5.95. The van der Waals surface area contributed by atoms with Gasteiger partial charge in [0.2, 0.25) is 0 Å². The fraction of sp³-hybridized carbons (Fsp3) is 0.235. The molecule has 0 saturated heterocycles. The normalized spacial score (nSPS) is 12.2. The number of alkyl halides is 3. The van der Waals surface area contributed by atoms with Gasteiger partial charge in [0.1, 0.15) is 11.6 Å². The third-order valence-corrected chi connectivity index (χ3v) is 3.39. The molecule has 8 heteroatoms. The molecule has 0 aromatic heterocycles. The average molecular weight is 357 g/mol. The molecule has 0 amide bonds. The monoisotopic (exact) mass is 357 g/mol. The Morgan fingerprint density at radius 1 is 1.00 bits per heavy atom. The van der Waals surface area contributed by atoms with Crippen molar-refractivity contribution in [1.82, 2.24) is 10.6 Å². The first-order chi connectivity index (χ1) is 11.8. The van der Waals surface area contributed by atoms with Crippen LogP contribution in [-0.2, 0) is 19.3 Å². The molecule has 134 valence electrons. The molecule has 0 aliphatic heterocycles. The van der Waals surface area contributed by atoms with E-state index in [2.05, 4.69) is 15.6 Å². The molecule has 2 aromatic rings. The lowest BCUT2D eigenvalue weighted by molar-refractivity contribution is -0.137. The van der Waals surface area contributed by atoms with E-state index < -0.39 is 23.4 Å². The lowest BCUT2D eigenvalue weighted by atomic mass is 10.1. The van der Waals surface area contributed by atoms with Crippen LogP contribution < -0.4 is 10.6 Å². The van der Waals surface area contributed by atoms with Crippen LogP contribution in [0.4, 0.5) is 22.0 Å². The quantitative estimate of drug-likeness (QED) is 0.495. The Morgan fingerprint density at radius 3 is 2.40 bits per heavy atom. The summed E-state index contributed by atoms with van der Waals surface area (Å²) in [6.45, 7) is 0.0705. The van der Waals surface area contributed by atoms with Crippen molar-refractivity contribution in [3.63, 3.8) is 0 Å². The van der Waals surface area contributed by atoms with Crippen molar-refractivity contribution < 1.29 is 22.0 Å². The van der Waals surface area contributed by atoms with E-state index in [0.29, 0.717) is 5.56 Å². The molecule has 3 nitrogen and oxygen atoms in total. The number of aliphatic imine (C=N–C) groups is 1. The standard InChI is InChI=1S/C17H16F5N3/c1-23-16(25-10-12-8-14(18)5-6-15(12)19)24-9-11-3-2-4-13(7-11)17(20,21)22/h2-8H,9-10H2,1H3,(H2,23,24,25). The second-order valence-electron chi connectivity index (χ2n) is 5.21. The summed E-state index contributed by atoms with van der Waals surface area (Å²) in [5.74, 6) is -0.881. The van der Waals surface area contributed by atoms with Gasteiger partial charge in [0.05, 0.1) is 5.56 Å². The van der Waals surface area contributed by atoms with E-state index in [9.17, 15) is 22.0 Å². The van der Waals surface area contributed by atoms with E-state index in [-0.39, 0.29) is 24.6 Å². The van der Waals surface area contributed by atoms with Crippen LogP contribution in [0.5, 0.6) is 0 Å². The third-order valence-electron chi connectivity index (χ3n) is 3.39. The average Bonchev–Trinajstić information content (AvgIpc) is 2.57. The Bertz CT molecular complexity index is 756. The fourth-order valence-electron chi connectivity index (χ4n) is 2.12. The largest absolute Gasteiger partial charge is 0.416 e. The summed E-state index contributed by atoms with van der Waals surface area (Å²) in [5.41, 5.74) is -0.215. The Morgan fingerprint density at radius 2 is 1.72 bits per heavy atom. The minimum absolute atomic E-state index is 0.0220. The molecule has 0 saturated carbocycles. The maximum Gasteiger partial charge on any atom is 0.416 e. The van der Waals surface area contributed by atoms with E-state index in [1.807, 2.05) is 0 Å². The zero-order valence-corrected chi connectivity index (χ0v) is 13.3. The maximum absolute atomic E-state index is 13.6. The SMILES string of the molecule is CN=C(NCc1cccc(C(F)(F)F)c1)NCc1cc(F)ccc1F. The molecular formula is C17H16F5N3.